The summed E-state index contributed by atoms with van der Waals surface area (Å²) in [6.07, 6.45) is 9.01. The Labute approximate surface area is 139 Å². The summed E-state index contributed by atoms with van der Waals surface area (Å²) < 4.78 is 15.6. The molecule has 0 aliphatic heterocycles. The van der Waals surface area contributed by atoms with Crippen molar-refractivity contribution < 1.29 is 4.39 Å². The number of hydrogen-bond acceptors (Lipinski definition) is 0. The van der Waals surface area contributed by atoms with Crippen LogP contribution < -0.4 is 0 Å². The van der Waals surface area contributed by atoms with E-state index in [1.165, 1.54) is 54.3 Å². The standard InChI is InChI=1S/C20H33FGe/c1-4-7-15-22(16-8-5-2,17-9-6-3)20(21)18-19-13-11-10-12-14-19/h10-14,18H,4-9,15-17H2,1-3H3/b20-18+. The van der Waals surface area contributed by atoms with Gasteiger partial charge in [0.25, 0.3) is 0 Å². The van der Waals surface area contributed by atoms with Crippen molar-refractivity contribution in [3.63, 3.8) is 0 Å². The van der Waals surface area contributed by atoms with E-state index in [0.29, 0.717) is 4.66 Å². The molecule has 0 aromatic heterocycles. The van der Waals surface area contributed by atoms with Crippen molar-refractivity contribution in [3.05, 3.63) is 40.6 Å². The molecule has 0 spiro atoms. The van der Waals surface area contributed by atoms with Gasteiger partial charge in [0, 0.05) is 0 Å². The molecule has 0 amide bonds. The van der Waals surface area contributed by atoms with Crippen LogP contribution in [0.25, 0.3) is 6.08 Å². The second-order valence-electron chi connectivity index (χ2n) is 6.49. The first kappa shape index (κ1) is 19.5. The fraction of sp³-hybridized carbons (Fsp3) is 0.600. The third-order valence-electron chi connectivity index (χ3n) is 4.63. The van der Waals surface area contributed by atoms with E-state index in [1.807, 2.05) is 36.4 Å². The maximum atomic E-state index is 15.3. The Morgan fingerprint density at radius 2 is 1.32 bits per heavy atom. The summed E-state index contributed by atoms with van der Waals surface area (Å²) in [5, 5.41) is 3.52. The molecule has 124 valence electrons. The summed E-state index contributed by atoms with van der Waals surface area (Å²) in [5.41, 5.74) is 1.03. The Balaban J connectivity index is 3.04. The molecule has 0 nitrogen and oxygen atoms in total. The normalized spacial score (nSPS) is 12.6. The molecular weight excluding hydrogens is 332 g/mol. The zero-order valence-electron chi connectivity index (χ0n) is 14.7. The van der Waals surface area contributed by atoms with Gasteiger partial charge in [0.05, 0.1) is 0 Å². The van der Waals surface area contributed by atoms with Gasteiger partial charge in [-0.05, 0) is 0 Å². The molecule has 0 aliphatic rings. The van der Waals surface area contributed by atoms with Crippen LogP contribution in [0.1, 0.15) is 64.9 Å². The molecule has 1 aromatic carbocycles. The van der Waals surface area contributed by atoms with Crippen molar-refractivity contribution in [2.24, 2.45) is 0 Å². The van der Waals surface area contributed by atoms with E-state index >= 15 is 4.39 Å². The molecule has 0 bridgehead atoms. The van der Waals surface area contributed by atoms with E-state index < -0.39 is 13.3 Å². The number of unbranched alkanes of at least 4 members (excludes halogenated alkanes) is 3. The maximum absolute atomic E-state index is 15.3. The van der Waals surface area contributed by atoms with Crippen LogP contribution in [0.15, 0.2) is 35.0 Å². The van der Waals surface area contributed by atoms with E-state index in [2.05, 4.69) is 20.8 Å². The Bertz CT molecular complexity index is 403. The minimum atomic E-state index is -2.55. The molecule has 1 aromatic rings. The number of hydrogen-bond donors (Lipinski definition) is 0. The third-order valence-corrected chi connectivity index (χ3v) is 15.3. The molecule has 22 heavy (non-hydrogen) atoms. The molecule has 0 heterocycles. The monoisotopic (exact) mass is 366 g/mol. The molecule has 0 saturated heterocycles. The fourth-order valence-electron chi connectivity index (χ4n) is 3.13. The van der Waals surface area contributed by atoms with E-state index in [4.69, 9.17) is 0 Å². The van der Waals surface area contributed by atoms with Gasteiger partial charge in [0.2, 0.25) is 0 Å². The van der Waals surface area contributed by atoms with Gasteiger partial charge in [-0.3, -0.25) is 0 Å². The molecule has 0 unspecified atom stereocenters. The average molecular weight is 365 g/mol. The van der Waals surface area contributed by atoms with Crippen LogP contribution in [0.3, 0.4) is 0 Å². The second kappa shape index (κ2) is 11.0. The predicted octanol–water partition coefficient (Wildman–Crippen LogP) is 7.39. The van der Waals surface area contributed by atoms with E-state index in [0.717, 1.165) is 5.56 Å². The molecule has 0 fully saturated rings. The zero-order valence-corrected chi connectivity index (χ0v) is 16.8. The summed E-state index contributed by atoms with van der Waals surface area (Å²) in [4.78, 5) is 0. The van der Waals surface area contributed by atoms with Crippen molar-refractivity contribution in [3.8, 4) is 0 Å². The van der Waals surface area contributed by atoms with E-state index in [-0.39, 0.29) is 0 Å². The van der Waals surface area contributed by atoms with Crippen LogP contribution in [-0.4, -0.2) is 13.3 Å². The van der Waals surface area contributed by atoms with Crippen LogP contribution >= 0.6 is 0 Å². The van der Waals surface area contributed by atoms with Crippen LogP contribution in [0, 0.1) is 0 Å². The Hall–Kier alpha value is -0.567. The van der Waals surface area contributed by atoms with Gasteiger partial charge < -0.3 is 0 Å². The van der Waals surface area contributed by atoms with Crippen LogP contribution in [0.2, 0.25) is 15.8 Å². The average Bonchev–Trinajstić information content (AvgIpc) is 2.55. The Morgan fingerprint density at radius 3 is 1.73 bits per heavy atom. The van der Waals surface area contributed by atoms with Crippen molar-refractivity contribution in [2.75, 3.05) is 0 Å². The molecule has 2 heteroatoms. The first-order chi connectivity index (χ1) is 10.7. The topological polar surface area (TPSA) is 0 Å². The van der Waals surface area contributed by atoms with Crippen LogP contribution in [0.5, 0.6) is 0 Å². The zero-order chi connectivity index (χ0) is 16.3. The van der Waals surface area contributed by atoms with Gasteiger partial charge in [-0.25, -0.2) is 0 Å². The molecule has 0 N–H and O–H groups in total. The van der Waals surface area contributed by atoms with Crippen molar-refractivity contribution >= 4 is 19.3 Å². The van der Waals surface area contributed by atoms with E-state index in [1.54, 1.807) is 0 Å². The number of halogens is 1. The third kappa shape index (κ3) is 6.28. The first-order valence-electron chi connectivity index (χ1n) is 9.11. The Morgan fingerprint density at radius 1 is 0.864 bits per heavy atom. The molecule has 0 saturated carbocycles. The summed E-state index contributed by atoms with van der Waals surface area (Å²) in [5.74, 6) is 0. The molecular formula is C20H33FGe. The van der Waals surface area contributed by atoms with Gasteiger partial charge in [0.15, 0.2) is 0 Å². The first-order valence-corrected chi connectivity index (χ1v) is 14.6. The molecule has 0 atom stereocenters. The SMILES string of the molecule is CCC[CH2][Ge]([CH2]CCC)([CH2]CCC)/[C](F)=C/c1ccccc1. The molecule has 0 aliphatic carbocycles. The summed E-state index contributed by atoms with van der Waals surface area (Å²) in [6.45, 7) is 6.68. The van der Waals surface area contributed by atoms with Gasteiger partial charge in [-0.2, -0.15) is 0 Å². The summed E-state index contributed by atoms with van der Waals surface area (Å²) in [6, 6.07) is 10.0. The van der Waals surface area contributed by atoms with Crippen LogP contribution in [-0.2, 0) is 0 Å². The fourth-order valence-corrected chi connectivity index (χ4v) is 13.7. The van der Waals surface area contributed by atoms with Crippen molar-refractivity contribution in [1.82, 2.24) is 0 Å². The van der Waals surface area contributed by atoms with Gasteiger partial charge in [0.1, 0.15) is 0 Å². The summed E-state index contributed by atoms with van der Waals surface area (Å²) in [7, 11) is 0. The molecule has 1 rings (SSSR count). The molecule has 0 radical (unpaired) electrons. The number of benzene rings is 1. The van der Waals surface area contributed by atoms with Gasteiger partial charge >= 0.3 is 139 Å². The minimum absolute atomic E-state index is 0.293. The van der Waals surface area contributed by atoms with Gasteiger partial charge in [-0.15, -0.1) is 0 Å². The van der Waals surface area contributed by atoms with E-state index in [9.17, 15) is 0 Å². The predicted molar refractivity (Wildman–Crippen MR) is 100 cm³/mol. The second-order valence-corrected chi connectivity index (χ2v) is 16.0. The van der Waals surface area contributed by atoms with Gasteiger partial charge in [-0.1, -0.05) is 0 Å². The Kier molecular flexibility index (Phi) is 9.78. The van der Waals surface area contributed by atoms with Crippen molar-refractivity contribution in [2.45, 2.75) is 75.1 Å². The number of rotatable bonds is 11. The summed E-state index contributed by atoms with van der Waals surface area (Å²) >= 11 is -2.55. The van der Waals surface area contributed by atoms with Crippen LogP contribution in [0.4, 0.5) is 4.39 Å². The van der Waals surface area contributed by atoms with Crippen molar-refractivity contribution in [1.29, 1.82) is 0 Å². The quantitative estimate of drug-likeness (QED) is 0.359.